The molecule has 0 aliphatic carbocycles. The number of aromatic amines is 1. The highest BCUT2D eigenvalue weighted by molar-refractivity contribution is 5.42. The third kappa shape index (κ3) is 3.10. The largest absolute Gasteiger partial charge is 0.399 e. The van der Waals surface area contributed by atoms with Crippen LogP contribution in [0.2, 0.25) is 0 Å². The van der Waals surface area contributed by atoms with Crippen LogP contribution in [0.4, 0.5) is 11.5 Å². The second kappa shape index (κ2) is 5.35. The van der Waals surface area contributed by atoms with E-state index >= 15 is 0 Å². The van der Waals surface area contributed by atoms with E-state index in [9.17, 15) is 4.79 Å². The lowest BCUT2D eigenvalue weighted by atomic mass is 10.2. The van der Waals surface area contributed by atoms with E-state index in [1.165, 1.54) is 6.07 Å². The van der Waals surface area contributed by atoms with Gasteiger partial charge in [-0.1, -0.05) is 19.1 Å². The van der Waals surface area contributed by atoms with Crippen LogP contribution in [-0.2, 0) is 13.0 Å². The number of aromatic nitrogens is 2. The van der Waals surface area contributed by atoms with Crippen molar-refractivity contribution in [1.29, 1.82) is 0 Å². The van der Waals surface area contributed by atoms with Crippen molar-refractivity contribution in [2.45, 2.75) is 19.9 Å². The van der Waals surface area contributed by atoms with Gasteiger partial charge in [-0.15, -0.1) is 0 Å². The highest BCUT2D eigenvalue weighted by Crippen LogP contribution is 2.08. The average Bonchev–Trinajstić information content (AvgIpc) is 2.36. The van der Waals surface area contributed by atoms with Crippen LogP contribution in [0, 0.1) is 0 Å². The minimum absolute atomic E-state index is 0.142. The Kier molecular flexibility index (Phi) is 3.62. The van der Waals surface area contributed by atoms with E-state index in [-0.39, 0.29) is 5.56 Å². The summed E-state index contributed by atoms with van der Waals surface area (Å²) in [7, 11) is 0. The number of H-pyrrole nitrogens is 1. The molecule has 1 heterocycles. The smallest absolute Gasteiger partial charge is 0.252 e. The third-order valence-electron chi connectivity index (χ3n) is 2.55. The fourth-order valence-electron chi connectivity index (χ4n) is 1.66. The molecule has 2 aromatic rings. The molecule has 0 amide bonds. The number of hydrogen-bond acceptors (Lipinski definition) is 4. The molecule has 0 unspecified atom stereocenters. The summed E-state index contributed by atoms with van der Waals surface area (Å²) >= 11 is 0. The lowest BCUT2D eigenvalue weighted by molar-refractivity contribution is 0.914. The number of hydrogen-bond donors (Lipinski definition) is 3. The van der Waals surface area contributed by atoms with E-state index in [2.05, 4.69) is 15.3 Å². The van der Waals surface area contributed by atoms with E-state index in [0.717, 1.165) is 11.3 Å². The predicted molar refractivity (Wildman–Crippen MR) is 72.4 cm³/mol. The van der Waals surface area contributed by atoms with Gasteiger partial charge >= 0.3 is 0 Å². The lowest BCUT2D eigenvalue weighted by Crippen LogP contribution is -2.13. The summed E-state index contributed by atoms with van der Waals surface area (Å²) in [4.78, 5) is 18.3. The van der Waals surface area contributed by atoms with Crippen LogP contribution < -0.4 is 16.6 Å². The second-order valence-corrected chi connectivity index (χ2v) is 4.03. The van der Waals surface area contributed by atoms with Gasteiger partial charge in [0.25, 0.3) is 5.56 Å². The van der Waals surface area contributed by atoms with E-state index < -0.39 is 0 Å². The Hall–Kier alpha value is -2.30. The Morgan fingerprint density at radius 1 is 1.39 bits per heavy atom. The van der Waals surface area contributed by atoms with Crippen LogP contribution in [0.25, 0.3) is 0 Å². The molecule has 1 aromatic carbocycles. The maximum atomic E-state index is 11.4. The van der Waals surface area contributed by atoms with Crippen LogP contribution in [-0.4, -0.2) is 9.97 Å². The van der Waals surface area contributed by atoms with Gasteiger partial charge in [-0.05, 0) is 17.7 Å². The SMILES string of the molecule is CCc1nc(NCc2cccc(N)c2)cc(=O)[nH]1. The summed E-state index contributed by atoms with van der Waals surface area (Å²) in [5.41, 5.74) is 7.33. The summed E-state index contributed by atoms with van der Waals surface area (Å²) in [6.45, 7) is 2.53. The van der Waals surface area contributed by atoms with Crippen molar-refractivity contribution in [2.75, 3.05) is 11.1 Å². The molecular weight excluding hydrogens is 228 g/mol. The van der Waals surface area contributed by atoms with Crippen LogP contribution in [0.1, 0.15) is 18.3 Å². The van der Waals surface area contributed by atoms with Crippen molar-refractivity contribution in [3.8, 4) is 0 Å². The van der Waals surface area contributed by atoms with Crippen molar-refractivity contribution >= 4 is 11.5 Å². The van der Waals surface area contributed by atoms with Crippen molar-refractivity contribution < 1.29 is 0 Å². The molecule has 4 N–H and O–H groups in total. The number of rotatable bonds is 4. The third-order valence-corrected chi connectivity index (χ3v) is 2.55. The zero-order valence-electron chi connectivity index (χ0n) is 10.2. The number of nitrogen functional groups attached to an aromatic ring is 1. The number of nitrogens with two attached hydrogens (primary N) is 1. The van der Waals surface area contributed by atoms with Crippen LogP contribution >= 0.6 is 0 Å². The van der Waals surface area contributed by atoms with Gasteiger partial charge < -0.3 is 16.0 Å². The standard InChI is InChI=1S/C13H16N4O/c1-2-11-16-12(7-13(18)17-11)15-8-9-4-3-5-10(14)6-9/h3-7H,2,8,14H2,1H3,(H2,15,16,17,18). The molecule has 0 bridgehead atoms. The number of nitrogens with one attached hydrogen (secondary N) is 2. The summed E-state index contributed by atoms with van der Waals surface area (Å²) in [5.74, 6) is 1.26. The molecule has 5 heteroatoms. The van der Waals surface area contributed by atoms with Gasteiger partial charge in [0.2, 0.25) is 0 Å². The van der Waals surface area contributed by atoms with Gasteiger partial charge in [-0.3, -0.25) is 4.79 Å². The van der Waals surface area contributed by atoms with E-state index in [0.29, 0.717) is 24.6 Å². The van der Waals surface area contributed by atoms with Crippen molar-refractivity contribution in [3.63, 3.8) is 0 Å². The molecule has 18 heavy (non-hydrogen) atoms. The van der Waals surface area contributed by atoms with E-state index in [1.54, 1.807) is 0 Å². The first kappa shape index (κ1) is 12.2. The molecule has 94 valence electrons. The monoisotopic (exact) mass is 244 g/mol. The summed E-state index contributed by atoms with van der Waals surface area (Å²) in [5, 5.41) is 3.12. The number of anilines is 2. The molecule has 1 aromatic heterocycles. The fraction of sp³-hybridized carbons (Fsp3) is 0.231. The average molecular weight is 244 g/mol. The first-order valence-corrected chi connectivity index (χ1v) is 5.86. The minimum Gasteiger partial charge on any atom is -0.399 e. The molecule has 5 nitrogen and oxygen atoms in total. The van der Waals surface area contributed by atoms with Gasteiger partial charge in [0.05, 0.1) is 0 Å². The van der Waals surface area contributed by atoms with Gasteiger partial charge in [0.15, 0.2) is 0 Å². The van der Waals surface area contributed by atoms with Crippen molar-refractivity contribution in [2.24, 2.45) is 0 Å². The Balaban J connectivity index is 2.10. The second-order valence-electron chi connectivity index (χ2n) is 4.03. The predicted octanol–water partition coefficient (Wildman–Crippen LogP) is 1.53. The normalized spacial score (nSPS) is 10.3. The lowest BCUT2D eigenvalue weighted by Gasteiger charge is -2.07. The van der Waals surface area contributed by atoms with E-state index in [4.69, 9.17) is 5.73 Å². The first-order valence-electron chi connectivity index (χ1n) is 5.86. The Labute approximate surface area is 105 Å². The van der Waals surface area contributed by atoms with E-state index in [1.807, 2.05) is 31.2 Å². The maximum Gasteiger partial charge on any atom is 0.252 e. The zero-order chi connectivity index (χ0) is 13.0. The quantitative estimate of drug-likeness (QED) is 0.712. The molecule has 2 rings (SSSR count). The molecule has 0 aliphatic heterocycles. The van der Waals surface area contributed by atoms with Crippen molar-refractivity contribution in [1.82, 2.24) is 9.97 Å². The van der Waals surface area contributed by atoms with Gasteiger partial charge in [0.1, 0.15) is 11.6 Å². The van der Waals surface area contributed by atoms with Gasteiger partial charge in [0, 0.05) is 24.7 Å². The summed E-state index contributed by atoms with van der Waals surface area (Å²) in [6.07, 6.45) is 0.697. The Morgan fingerprint density at radius 2 is 2.22 bits per heavy atom. The first-order chi connectivity index (χ1) is 8.67. The molecule has 0 spiro atoms. The Morgan fingerprint density at radius 3 is 2.94 bits per heavy atom. The van der Waals surface area contributed by atoms with Crippen molar-refractivity contribution in [3.05, 3.63) is 52.1 Å². The number of aryl methyl sites for hydroxylation is 1. The summed E-state index contributed by atoms with van der Waals surface area (Å²) < 4.78 is 0. The highest BCUT2D eigenvalue weighted by Gasteiger charge is 2.00. The van der Waals surface area contributed by atoms with Gasteiger partial charge in [-0.25, -0.2) is 4.98 Å². The van der Waals surface area contributed by atoms with Crippen LogP contribution in [0.5, 0.6) is 0 Å². The zero-order valence-corrected chi connectivity index (χ0v) is 10.2. The number of nitrogens with zero attached hydrogens (tertiary/aromatic N) is 1. The number of benzene rings is 1. The van der Waals surface area contributed by atoms with Crippen LogP contribution in [0.15, 0.2) is 35.1 Å². The molecule has 0 aliphatic rings. The Bertz CT molecular complexity index is 592. The molecule has 0 fully saturated rings. The highest BCUT2D eigenvalue weighted by atomic mass is 16.1. The molecule has 0 atom stereocenters. The molecular formula is C13H16N4O. The maximum absolute atomic E-state index is 11.4. The molecule has 0 saturated heterocycles. The molecule has 0 radical (unpaired) electrons. The summed E-state index contributed by atoms with van der Waals surface area (Å²) in [6, 6.07) is 9.04. The topological polar surface area (TPSA) is 83.8 Å². The van der Waals surface area contributed by atoms with Crippen LogP contribution in [0.3, 0.4) is 0 Å². The fourth-order valence-corrected chi connectivity index (χ4v) is 1.66. The molecule has 0 saturated carbocycles. The minimum atomic E-state index is -0.142. The van der Waals surface area contributed by atoms with Gasteiger partial charge in [-0.2, -0.15) is 0 Å².